The van der Waals surface area contributed by atoms with Gasteiger partial charge in [0.15, 0.2) is 5.58 Å². The molecule has 1 heterocycles. The summed E-state index contributed by atoms with van der Waals surface area (Å²) in [7, 11) is 0. The van der Waals surface area contributed by atoms with Gasteiger partial charge in [0, 0.05) is 16.2 Å². The number of nitrogens with zero attached hydrogens (tertiary/aromatic N) is 1. The molecule has 0 radical (unpaired) electrons. The van der Waals surface area contributed by atoms with Crippen molar-refractivity contribution in [2.45, 2.75) is 20.3 Å². The molecule has 0 fully saturated rings. The van der Waals surface area contributed by atoms with Gasteiger partial charge in [-0.15, -0.1) is 0 Å². The first kappa shape index (κ1) is 21.2. The van der Waals surface area contributed by atoms with Gasteiger partial charge >= 0.3 is 0 Å². The van der Waals surface area contributed by atoms with E-state index in [0.717, 1.165) is 34.0 Å². The maximum Gasteiger partial charge on any atom is 0.164 e. The van der Waals surface area contributed by atoms with Crippen LogP contribution < -0.4 is 0 Å². The minimum atomic E-state index is 0.847. The minimum Gasteiger partial charge on any atom is -0.374 e. The zero-order chi connectivity index (χ0) is 23.8. The van der Waals surface area contributed by atoms with Gasteiger partial charge in [0.1, 0.15) is 0 Å². The van der Waals surface area contributed by atoms with Crippen LogP contribution in [0.4, 0.5) is 0 Å². The van der Waals surface area contributed by atoms with Crippen molar-refractivity contribution in [3.63, 3.8) is 0 Å². The lowest BCUT2D eigenvalue weighted by atomic mass is 9.95. The van der Waals surface area contributed by atoms with E-state index < -0.39 is 0 Å². The summed E-state index contributed by atoms with van der Waals surface area (Å²) < 4.78 is 8.82. The second-order valence-electron chi connectivity index (χ2n) is 8.80. The lowest BCUT2D eigenvalue weighted by molar-refractivity contribution is 0.389. The van der Waals surface area contributed by atoms with E-state index in [0.29, 0.717) is 0 Å². The molecule has 0 aliphatic heterocycles. The van der Waals surface area contributed by atoms with Crippen molar-refractivity contribution in [3.05, 3.63) is 115 Å². The van der Waals surface area contributed by atoms with Crippen molar-refractivity contribution in [1.82, 2.24) is 4.74 Å². The molecule has 0 aliphatic rings. The second-order valence-corrected chi connectivity index (χ2v) is 8.80. The average molecular weight is 454 g/mol. The zero-order valence-corrected chi connectivity index (χ0v) is 20.0. The van der Waals surface area contributed by atoms with Crippen LogP contribution in [-0.2, 0) is 0 Å². The van der Waals surface area contributed by atoms with Crippen LogP contribution >= 0.6 is 0 Å². The fourth-order valence-electron chi connectivity index (χ4n) is 5.09. The maximum absolute atomic E-state index is 6.84. The molecule has 2 heteroatoms. The third-order valence-corrected chi connectivity index (χ3v) is 6.73. The average Bonchev–Trinajstić information content (AvgIpc) is 2.91. The smallest absolute Gasteiger partial charge is 0.164 e. The van der Waals surface area contributed by atoms with Crippen LogP contribution in [0.25, 0.3) is 59.9 Å². The van der Waals surface area contributed by atoms with Gasteiger partial charge in [-0.25, -0.2) is 0 Å². The molecule has 2 nitrogen and oxygen atoms in total. The summed E-state index contributed by atoms with van der Waals surface area (Å²) in [6.07, 6.45) is 7.37. The molecule has 0 saturated heterocycles. The van der Waals surface area contributed by atoms with Crippen LogP contribution in [0.15, 0.2) is 120 Å². The van der Waals surface area contributed by atoms with E-state index in [1.165, 1.54) is 32.3 Å². The minimum absolute atomic E-state index is 0.847. The Hall–Kier alpha value is -4.30. The highest BCUT2D eigenvalue weighted by atomic mass is 16.5. The van der Waals surface area contributed by atoms with Gasteiger partial charge in [-0.3, -0.25) is 0 Å². The number of allylic oxidation sites excluding steroid dienone is 4. The van der Waals surface area contributed by atoms with Crippen LogP contribution in [0.3, 0.4) is 0 Å². The molecule has 0 saturated carbocycles. The van der Waals surface area contributed by atoms with Gasteiger partial charge in [0.2, 0.25) is 0 Å². The Labute approximate surface area is 204 Å². The van der Waals surface area contributed by atoms with Crippen molar-refractivity contribution < 1.29 is 4.52 Å². The van der Waals surface area contributed by atoms with Crippen molar-refractivity contribution in [2.75, 3.05) is 0 Å². The molecule has 0 atom stereocenters. The van der Waals surface area contributed by atoms with Crippen molar-refractivity contribution in [2.24, 2.45) is 0 Å². The number of para-hydroxylation sites is 1. The predicted molar refractivity (Wildman–Crippen MR) is 151 cm³/mol. The van der Waals surface area contributed by atoms with Gasteiger partial charge in [-0.1, -0.05) is 104 Å². The number of hydrogen-bond acceptors (Lipinski definition) is 1. The Morgan fingerprint density at radius 2 is 1.31 bits per heavy atom. The summed E-state index contributed by atoms with van der Waals surface area (Å²) in [6.45, 7) is 4.21. The van der Waals surface area contributed by atoms with E-state index in [1.807, 2.05) is 4.74 Å². The number of fused-ring (bicyclic) bond motifs is 9. The highest BCUT2D eigenvalue weighted by Gasteiger charge is 2.13. The first-order valence-corrected chi connectivity index (χ1v) is 12.2. The Kier molecular flexibility index (Phi) is 5.35. The topological polar surface area (TPSA) is 18.1 Å². The molecule has 5 aromatic carbocycles. The van der Waals surface area contributed by atoms with E-state index in [9.17, 15) is 0 Å². The van der Waals surface area contributed by atoms with Gasteiger partial charge in [-0.05, 0) is 58.5 Å². The Balaban J connectivity index is 1.99. The second kappa shape index (κ2) is 8.81. The summed E-state index contributed by atoms with van der Waals surface area (Å²) in [5, 5.41) is 9.54. The molecule has 0 amide bonds. The molecule has 0 spiro atoms. The van der Waals surface area contributed by atoms with Crippen molar-refractivity contribution >= 4 is 59.9 Å². The van der Waals surface area contributed by atoms with Gasteiger partial charge in [-0.2, -0.15) is 4.74 Å². The summed E-state index contributed by atoms with van der Waals surface area (Å²) in [5.74, 6) is 0. The maximum atomic E-state index is 6.84. The van der Waals surface area contributed by atoms with Crippen LogP contribution in [0.5, 0.6) is 0 Å². The summed E-state index contributed by atoms with van der Waals surface area (Å²) in [6, 6.07) is 34.5. The molecular formula is C33H27NO. The molecule has 0 unspecified atom stereocenters. The lowest BCUT2D eigenvalue weighted by Crippen LogP contribution is -1.97. The molecule has 0 aliphatic carbocycles. The number of rotatable bonds is 3. The summed E-state index contributed by atoms with van der Waals surface area (Å²) in [4.78, 5) is 0. The fourth-order valence-corrected chi connectivity index (χ4v) is 5.09. The summed E-state index contributed by atoms with van der Waals surface area (Å²) >= 11 is 0. The van der Waals surface area contributed by atoms with Crippen molar-refractivity contribution in [3.8, 4) is 0 Å². The number of benzene rings is 5. The van der Waals surface area contributed by atoms with E-state index in [2.05, 4.69) is 129 Å². The first-order valence-electron chi connectivity index (χ1n) is 12.2. The van der Waals surface area contributed by atoms with E-state index in [1.54, 1.807) is 0 Å². The predicted octanol–water partition coefficient (Wildman–Crippen LogP) is 9.80. The molecule has 170 valence electrons. The SMILES string of the molecule is C/C=C(\C=C/CC)n1oc2ccc3ccccc3c2c2c3ccccc3ccc2c2ccccc21. The van der Waals surface area contributed by atoms with Gasteiger partial charge in [0.25, 0.3) is 0 Å². The third kappa shape index (κ3) is 3.50. The Morgan fingerprint density at radius 1 is 0.686 bits per heavy atom. The van der Waals surface area contributed by atoms with E-state index in [4.69, 9.17) is 4.52 Å². The Bertz CT molecular complexity index is 1840. The normalized spacial score (nSPS) is 12.5. The zero-order valence-electron chi connectivity index (χ0n) is 20.0. The third-order valence-electron chi connectivity index (χ3n) is 6.73. The Morgan fingerprint density at radius 3 is 2.03 bits per heavy atom. The number of hydrogen-bond donors (Lipinski definition) is 0. The van der Waals surface area contributed by atoms with Crippen molar-refractivity contribution in [1.29, 1.82) is 0 Å². The summed E-state index contributed by atoms with van der Waals surface area (Å²) in [5.41, 5.74) is 2.87. The van der Waals surface area contributed by atoms with Crippen LogP contribution in [-0.4, -0.2) is 4.74 Å². The lowest BCUT2D eigenvalue weighted by Gasteiger charge is -2.15. The van der Waals surface area contributed by atoms with Crippen LogP contribution in [0.1, 0.15) is 20.3 Å². The molecule has 1 aromatic heterocycles. The largest absolute Gasteiger partial charge is 0.374 e. The highest BCUT2D eigenvalue weighted by Crippen LogP contribution is 2.38. The monoisotopic (exact) mass is 453 g/mol. The van der Waals surface area contributed by atoms with E-state index in [-0.39, 0.29) is 0 Å². The fraction of sp³-hybridized carbons (Fsp3) is 0.0909. The molecule has 0 N–H and O–H groups in total. The van der Waals surface area contributed by atoms with Crippen LogP contribution in [0, 0.1) is 0 Å². The molecule has 6 rings (SSSR count). The highest BCUT2D eigenvalue weighted by molar-refractivity contribution is 6.29. The van der Waals surface area contributed by atoms with Gasteiger partial charge < -0.3 is 4.52 Å². The first-order chi connectivity index (χ1) is 17.3. The van der Waals surface area contributed by atoms with Crippen LogP contribution in [0.2, 0.25) is 0 Å². The quantitative estimate of drug-likeness (QED) is 0.244. The molecule has 35 heavy (non-hydrogen) atoms. The molecule has 0 bridgehead atoms. The standard InChI is InChI=1S/C33H27NO/c1-3-5-14-25(4-2)34-30-18-11-10-17-28(30)29-21-19-23-12-6-8-15-26(23)32(29)33-27-16-9-7-13-24(27)20-22-31(33)35-34/h4-22H,3H2,1-2H3/b14-5-,25-4+. The number of aromatic nitrogens is 1. The van der Waals surface area contributed by atoms with Gasteiger partial charge in [0.05, 0.1) is 11.2 Å². The molecule has 6 aromatic rings. The molecular weight excluding hydrogens is 426 g/mol. The van der Waals surface area contributed by atoms with E-state index >= 15 is 0 Å².